The van der Waals surface area contributed by atoms with Gasteiger partial charge >= 0.3 is 6.09 Å². The number of carbonyl (C=O) groups excluding carboxylic acids is 1. The molecule has 4 nitrogen and oxygen atoms in total. The lowest BCUT2D eigenvalue weighted by atomic mass is 10.3. The second-order valence-corrected chi connectivity index (χ2v) is 2.70. The van der Waals surface area contributed by atoms with Crippen LogP contribution in [0.3, 0.4) is 0 Å². The summed E-state index contributed by atoms with van der Waals surface area (Å²) in [7, 11) is 0. The molecule has 0 aromatic rings. The summed E-state index contributed by atoms with van der Waals surface area (Å²) < 4.78 is 0. The van der Waals surface area contributed by atoms with Crippen molar-refractivity contribution in [2.24, 2.45) is 5.16 Å². The van der Waals surface area contributed by atoms with Crippen LogP contribution < -0.4 is 5.32 Å². The van der Waals surface area contributed by atoms with Gasteiger partial charge in [-0.25, -0.2) is 4.79 Å². The number of carbonyl (C=O) groups is 1. The standard InChI is InChI=1S/C8H16N2O2/c1-4-5-6-9-8(11)12-10-7(2)3/h4-6H2,1-3H3,(H,9,11). The Labute approximate surface area is 73.0 Å². The molecule has 0 saturated carbocycles. The first-order valence-corrected chi connectivity index (χ1v) is 4.13. The van der Waals surface area contributed by atoms with E-state index in [2.05, 4.69) is 22.2 Å². The molecule has 0 aromatic heterocycles. The molecular formula is C8H16N2O2. The zero-order valence-corrected chi connectivity index (χ0v) is 7.89. The third-order valence-corrected chi connectivity index (χ3v) is 1.11. The van der Waals surface area contributed by atoms with Gasteiger partial charge in [-0.2, -0.15) is 0 Å². The van der Waals surface area contributed by atoms with Crippen molar-refractivity contribution in [3.8, 4) is 0 Å². The fourth-order valence-corrected chi connectivity index (χ4v) is 0.532. The van der Waals surface area contributed by atoms with Gasteiger partial charge in [-0.05, 0) is 20.3 Å². The number of unbranched alkanes of at least 4 members (excludes halogenated alkanes) is 1. The van der Waals surface area contributed by atoms with Crippen molar-refractivity contribution in [1.82, 2.24) is 5.32 Å². The highest BCUT2D eigenvalue weighted by atomic mass is 16.7. The van der Waals surface area contributed by atoms with Crippen molar-refractivity contribution in [2.75, 3.05) is 6.54 Å². The molecule has 0 bridgehead atoms. The molecule has 0 fully saturated rings. The maximum absolute atomic E-state index is 10.8. The van der Waals surface area contributed by atoms with Gasteiger partial charge in [0.1, 0.15) is 0 Å². The lowest BCUT2D eigenvalue weighted by molar-refractivity contribution is 0.150. The Balaban J connectivity index is 3.41. The van der Waals surface area contributed by atoms with Crippen LogP contribution in [-0.2, 0) is 4.84 Å². The summed E-state index contributed by atoms with van der Waals surface area (Å²) in [5.74, 6) is 0. The summed E-state index contributed by atoms with van der Waals surface area (Å²) in [6.07, 6.45) is 1.53. The van der Waals surface area contributed by atoms with Crippen molar-refractivity contribution in [3.63, 3.8) is 0 Å². The van der Waals surface area contributed by atoms with E-state index >= 15 is 0 Å². The molecule has 0 aliphatic carbocycles. The van der Waals surface area contributed by atoms with E-state index in [-0.39, 0.29) is 0 Å². The van der Waals surface area contributed by atoms with Gasteiger partial charge in [0.15, 0.2) is 0 Å². The number of nitrogens with one attached hydrogen (secondary N) is 1. The molecule has 0 rings (SSSR count). The first kappa shape index (κ1) is 10.9. The molecule has 70 valence electrons. The van der Waals surface area contributed by atoms with E-state index in [1.54, 1.807) is 13.8 Å². The zero-order valence-electron chi connectivity index (χ0n) is 7.89. The molecule has 0 saturated heterocycles. The van der Waals surface area contributed by atoms with Crippen LogP contribution in [0.15, 0.2) is 5.16 Å². The first-order valence-electron chi connectivity index (χ1n) is 4.13. The van der Waals surface area contributed by atoms with Gasteiger partial charge in [-0.15, -0.1) is 0 Å². The van der Waals surface area contributed by atoms with Crippen LogP contribution in [0.2, 0.25) is 0 Å². The molecular weight excluding hydrogens is 156 g/mol. The van der Waals surface area contributed by atoms with E-state index in [1.807, 2.05) is 0 Å². The minimum Gasteiger partial charge on any atom is -0.320 e. The Morgan fingerprint density at radius 2 is 2.17 bits per heavy atom. The first-order chi connectivity index (χ1) is 5.66. The quantitative estimate of drug-likeness (QED) is 0.305. The van der Waals surface area contributed by atoms with Gasteiger partial charge in [-0.3, -0.25) is 4.84 Å². The van der Waals surface area contributed by atoms with Crippen LogP contribution in [-0.4, -0.2) is 18.3 Å². The number of rotatable bonds is 4. The van der Waals surface area contributed by atoms with Gasteiger partial charge < -0.3 is 5.32 Å². The van der Waals surface area contributed by atoms with Crippen molar-refractivity contribution < 1.29 is 9.63 Å². The van der Waals surface area contributed by atoms with Crippen molar-refractivity contribution >= 4 is 11.8 Å². The number of hydrogen-bond acceptors (Lipinski definition) is 3. The second kappa shape index (κ2) is 6.64. The number of hydrogen-bond donors (Lipinski definition) is 1. The summed E-state index contributed by atoms with van der Waals surface area (Å²) in [6.45, 7) is 6.23. The third kappa shape index (κ3) is 7.05. The molecule has 12 heavy (non-hydrogen) atoms. The highest BCUT2D eigenvalue weighted by Gasteiger charge is 1.98. The van der Waals surface area contributed by atoms with Crippen molar-refractivity contribution in [3.05, 3.63) is 0 Å². The average molecular weight is 172 g/mol. The number of amides is 1. The fourth-order valence-electron chi connectivity index (χ4n) is 0.532. The molecule has 0 aromatic carbocycles. The molecule has 1 amide bonds. The minimum absolute atomic E-state index is 0.482. The molecule has 1 N–H and O–H groups in total. The van der Waals surface area contributed by atoms with E-state index in [9.17, 15) is 4.79 Å². The van der Waals surface area contributed by atoms with Gasteiger partial charge in [0, 0.05) is 6.54 Å². The summed E-state index contributed by atoms with van der Waals surface area (Å²) in [4.78, 5) is 15.3. The topological polar surface area (TPSA) is 50.7 Å². The van der Waals surface area contributed by atoms with Gasteiger partial charge in [0.05, 0.1) is 5.71 Å². The number of nitrogens with zero attached hydrogens (tertiary/aromatic N) is 1. The van der Waals surface area contributed by atoms with E-state index in [4.69, 9.17) is 0 Å². The van der Waals surface area contributed by atoms with Gasteiger partial charge in [0.2, 0.25) is 0 Å². The van der Waals surface area contributed by atoms with Crippen LogP contribution in [0.4, 0.5) is 4.79 Å². The fraction of sp³-hybridized carbons (Fsp3) is 0.750. The molecule has 0 aliphatic rings. The predicted molar refractivity (Wildman–Crippen MR) is 48.2 cm³/mol. The minimum atomic E-state index is -0.482. The Morgan fingerprint density at radius 3 is 2.67 bits per heavy atom. The summed E-state index contributed by atoms with van der Waals surface area (Å²) in [5, 5.41) is 6.08. The van der Waals surface area contributed by atoms with Crippen molar-refractivity contribution in [1.29, 1.82) is 0 Å². The third-order valence-electron chi connectivity index (χ3n) is 1.11. The lowest BCUT2D eigenvalue weighted by Crippen LogP contribution is -2.23. The summed E-state index contributed by atoms with van der Waals surface area (Å²) in [6, 6.07) is 0. The van der Waals surface area contributed by atoms with Crippen LogP contribution in [0.25, 0.3) is 0 Å². The molecule has 0 aliphatic heterocycles. The van der Waals surface area contributed by atoms with E-state index in [0.717, 1.165) is 18.6 Å². The average Bonchev–Trinajstić information content (AvgIpc) is 2.01. The highest BCUT2D eigenvalue weighted by Crippen LogP contribution is 1.85. The second-order valence-electron chi connectivity index (χ2n) is 2.70. The van der Waals surface area contributed by atoms with Crippen LogP contribution >= 0.6 is 0 Å². The van der Waals surface area contributed by atoms with Crippen molar-refractivity contribution in [2.45, 2.75) is 33.6 Å². The molecule has 0 unspecified atom stereocenters. The van der Waals surface area contributed by atoms with E-state index in [0.29, 0.717) is 6.54 Å². The normalized spacial score (nSPS) is 8.92. The predicted octanol–water partition coefficient (Wildman–Crippen LogP) is 1.91. The van der Waals surface area contributed by atoms with Gasteiger partial charge in [0.25, 0.3) is 0 Å². The maximum atomic E-state index is 10.8. The molecule has 0 atom stereocenters. The number of oxime groups is 1. The highest BCUT2D eigenvalue weighted by molar-refractivity contribution is 5.79. The Hall–Kier alpha value is -1.06. The monoisotopic (exact) mass is 172 g/mol. The van der Waals surface area contributed by atoms with E-state index < -0.39 is 6.09 Å². The Bertz CT molecular complexity index is 162. The SMILES string of the molecule is CCCCNC(=O)ON=C(C)C. The maximum Gasteiger partial charge on any atom is 0.433 e. The van der Waals surface area contributed by atoms with E-state index in [1.165, 1.54) is 0 Å². The smallest absolute Gasteiger partial charge is 0.320 e. The molecule has 0 radical (unpaired) electrons. The largest absolute Gasteiger partial charge is 0.433 e. The Morgan fingerprint density at radius 1 is 1.50 bits per heavy atom. The van der Waals surface area contributed by atoms with Crippen LogP contribution in [0, 0.1) is 0 Å². The van der Waals surface area contributed by atoms with Gasteiger partial charge in [-0.1, -0.05) is 18.5 Å². The molecule has 0 spiro atoms. The zero-order chi connectivity index (χ0) is 9.40. The van der Waals surface area contributed by atoms with Crippen LogP contribution in [0.5, 0.6) is 0 Å². The summed E-state index contributed by atoms with van der Waals surface area (Å²) >= 11 is 0. The Kier molecular flexibility index (Phi) is 6.05. The molecule has 4 heteroatoms. The lowest BCUT2D eigenvalue weighted by Gasteiger charge is -2.00. The molecule has 0 heterocycles. The van der Waals surface area contributed by atoms with Crippen LogP contribution in [0.1, 0.15) is 33.6 Å². The summed E-state index contributed by atoms with van der Waals surface area (Å²) in [5.41, 5.74) is 0.723.